The van der Waals surface area contributed by atoms with Crippen molar-refractivity contribution in [3.8, 4) is 0 Å². The van der Waals surface area contributed by atoms with Gasteiger partial charge in [-0.05, 0) is 19.3 Å². The molecule has 0 aromatic carbocycles. The fourth-order valence-electron chi connectivity index (χ4n) is 1.52. The number of methoxy groups -OCH3 is 1. The molecule has 0 bridgehead atoms. The first-order valence-corrected chi connectivity index (χ1v) is 5.99. The molecule has 0 aliphatic rings. The van der Waals surface area contributed by atoms with Crippen molar-refractivity contribution in [3.05, 3.63) is 0 Å². The van der Waals surface area contributed by atoms with E-state index >= 15 is 0 Å². The molecule has 0 heterocycles. The smallest absolute Gasteiger partial charge is 0.149 e. The number of hydrogen-bond acceptors (Lipinski definition) is 3. The predicted molar refractivity (Wildman–Crippen MR) is 62.9 cm³/mol. The van der Waals surface area contributed by atoms with Gasteiger partial charge in [0.05, 0.1) is 6.04 Å². The quantitative estimate of drug-likeness (QED) is 0.569. The number of ether oxygens (including phenoxy) is 1. The van der Waals surface area contributed by atoms with Gasteiger partial charge in [-0.1, -0.05) is 26.2 Å². The predicted octanol–water partition coefficient (Wildman–Crippen LogP) is 2.28. The molecule has 0 aromatic heterocycles. The highest BCUT2D eigenvalue weighted by atomic mass is 16.5. The summed E-state index contributed by atoms with van der Waals surface area (Å²) in [4.78, 5) is 11.5. The van der Waals surface area contributed by atoms with E-state index in [4.69, 9.17) is 10.5 Å². The number of carbonyl (C=O) groups excluding carboxylic acids is 1. The van der Waals surface area contributed by atoms with Crippen LogP contribution in [-0.2, 0) is 9.53 Å². The van der Waals surface area contributed by atoms with E-state index < -0.39 is 0 Å². The van der Waals surface area contributed by atoms with Crippen LogP contribution in [0.2, 0.25) is 0 Å². The van der Waals surface area contributed by atoms with Crippen LogP contribution in [0.25, 0.3) is 0 Å². The van der Waals surface area contributed by atoms with E-state index in [0.29, 0.717) is 13.0 Å². The molecule has 0 fully saturated rings. The Kier molecular flexibility index (Phi) is 9.84. The zero-order valence-electron chi connectivity index (χ0n) is 10.1. The molecule has 2 N–H and O–H groups in total. The molecule has 0 aromatic rings. The Labute approximate surface area is 93.4 Å². The van der Waals surface area contributed by atoms with E-state index in [-0.39, 0.29) is 11.8 Å². The highest BCUT2D eigenvalue weighted by molar-refractivity contribution is 5.83. The lowest BCUT2D eigenvalue weighted by Crippen LogP contribution is -2.30. The summed E-state index contributed by atoms with van der Waals surface area (Å²) >= 11 is 0. The average molecular weight is 215 g/mol. The molecule has 0 aliphatic heterocycles. The van der Waals surface area contributed by atoms with Crippen LogP contribution in [-0.4, -0.2) is 25.5 Å². The number of carbonyl (C=O) groups is 1. The maximum absolute atomic E-state index is 11.5. The second-order valence-electron chi connectivity index (χ2n) is 4.02. The maximum atomic E-state index is 11.5. The van der Waals surface area contributed by atoms with Crippen molar-refractivity contribution in [2.45, 2.75) is 57.9 Å². The molecule has 90 valence electrons. The summed E-state index contributed by atoms with van der Waals surface area (Å²) in [6, 6.07) is -0.276. The summed E-state index contributed by atoms with van der Waals surface area (Å²) in [7, 11) is 1.66. The van der Waals surface area contributed by atoms with Crippen molar-refractivity contribution in [2.24, 2.45) is 5.73 Å². The van der Waals surface area contributed by atoms with Crippen LogP contribution in [0, 0.1) is 0 Å². The molecule has 0 rings (SSSR count). The van der Waals surface area contributed by atoms with Gasteiger partial charge in [-0.2, -0.15) is 0 Å². The monoisotopic (exact) mass is 215 g/mol. The van der Waals surface area contributed by atoms with E-state index in [9.17, 15) is 4.79 Å². The van der Waals surface area contributed by atoms with E-state index in [1.165, 1.54) is 12.8 Å². The van der Waals surface area contributed by atoms with Gasteiger partial charge in [0.15, 0.2) is 0 Å². The minimum absolute atomic E-state index is 0.210. The molecule has 0 spiro atoms. The standard InChI is InChI=1S/C12H25NO2/c1-3-4-5-6-9-12(14)11(13)8-7-10-15-2/h11H,3-10,13H2,1-2H3. The summed E-state index contributed by atoms with van der Waals surface area (Å²) in [5.74, 6) is 0.210. The minimum atomic E-state index is -0.276. The van der Waals surface area contributed by atoms with Gasteiger partial charge in [0.25, 0.3) is 0 Å². The van der Waals surface area contributed by atoms with Crippen LogP contribution in [0.4, 0.5) is 0 Å². The van der Waals surface area contributed by atoms with Gasteiger partial charge in [0.1, 0.15) is 5.78 Å². The average Bonchev–Trinajstić information content (AvgIpc) is 2.24. The maximum Gasteiger partial charge on any atom is 0.149 e. The van der Waals surface area contributed by atoms with Crippen LogP contribution < -0.4 is 5.73 Å². The molecule has 15 heavy (non-hydrogen) atoms. The van der Waals surface area contributed by atoms with Crippen molar-refractivity contribution in [1.82, 2.24) is 0 Å². The lowest BCUT2D eigenvalue weighted by Gasteiger charge is -2.09. The summed E-state index contributed by atoms with van der Waals surface area (Å²) < 4.78 is 4.92. The van der Waals surface area contributed by atoms with Crippen molar-refractivity contribution < 1.29 is 9.53 Å². The largest absolute Gasteiger partial charge is 0.385 e. The highest BCUT2D eigenvalue weighted by Gasteiger charge is 2.11. The molecule has 1 unspecified atom stereocenters. The summed E-state index contributed by atoms with van der Waals surface area (Å²) in [5, 5.41) is 0. The van der Waals surface area contributed by atoms with Crippen molar-refractivity contribution in [3.63, 3.8) is 0 Å². The second-order valence-corrected chi connectivity index (χ2v) is 4.02. The van der Waals surface area contributed by atoms with Gasteiger partial charge in [-0.25, -0.2) is 0 Å². The van der Waals surface area contributed by atoms with E-state index in [1.54, 1.807) is 7.11 Å². The van der Waals surface area contributed by atoms with Crippen molar-refractivity contribution in [1.29, 1.82) is 0 Å². The molecule has 0 radical (unpaired) electrons. The number of nitrogens with two attached hydrogens (primary N) is 1. The summed E-state index contributed by atoms with van der Waals surface area (Å²) in [6.07, 6.45) is 6.82. The van der Waals surface area contributed by atoms with Crippen LogP contribution in [0.5, 0.6) is 0 Å². The van der Waals surface area contributed by atoms with E-state index in [2.05, 4.69) is 6.92 Å². The topological polar surface area (TPSA) is 52.3 Å². The van der Waals surface area contributed by atoms with Crippen molar-refractivity contribution >= 4 is 5.78 Å². The van der Waals surface area contributed by atoms with Gasteiger partial charge < -0.3 is 10.5 Å². The second kappa shape index (κ2) is 10.1. The van der Waals surface area contributed by atoms with Crippen LogP contribution >= 0.6 is 0 Å². The minimum Gasteiger partial charge on any atom is -0.385 e. The molecule has 3 heteroatoms. The third-order valence-electron chi connectivity index (χ3n) is 2.55. The van der Waals surface area contributed by atoms with Crippen LogP contribution in [0.3, 0.4) is 0 Å². The van der Waals surface area contributed by atoms with Gasteiger partial charge in [0.2, 0.25) is 0 Å². The van der Waals surface area contributed by atoms with Gasteiger partial charge >= 0.3 is 0 Å². The normalized spacial score (nSPS) is 12.7. The molecule has 1 atom stereocenters. The molecule has 0 aliphatic carbocycles. The van der Waals surface area contributed by atoms with E-state index in [0.717, 1.165) is 25.7 Å². The number of Topliss-reactive ketones (excluding diaryl/α,β-unsaturated/α-hetero) is 1. The number of rotatable bonds is 10. The summed E-state index contributed by atoms with van der Waals surface area (Å²) in [6.45, 7) is 2.86. The molecule has 0 saturated heterocycles. The van der Waals surface area contributed by atoms with Gasteiger partial charge in [-0.3, -0.25) is 4.79 Å². The van der Waals surface area contributed by atoms with Crippen LogP contribution in [0.1, 0.15) is 51.9 Å². The van der Waals surface area contributed by atoms with Gasteiger partial charge in [0, 0.05) is 20.1 Å². The zero-order valence-corrected chi connectivity index (χ0v) is 10.1. The third-order valence-corrected chi connectivity index (χ3v) is 2.55. The van der Waals surface area contributed by atoms with Crippen molar-refractivity contribution in [2.75, 3.05) is 13.7 Å². The Balaban J connectivity index is 3.42. The number of unbranched alkanes of at least 4 members (excludes halogenated alkanes) is 3. The first-order chi connectivity index (χ1) is 7.22. The lowest BCUT2D eigenvalue weighted by molar-refractivity contribution is -0.120. The highest BCUT2D eigenvalue weighted by Crippen LogP contribution is 2.06. The third kappa shape index (κ3) is 8.58. The van der Waals surface area contributed by atoms with Gasteiger partial charge in [-0.15, -0.1) is 0 Å². The number of ketones is 1. The first kappa shape index (κ1) is 14.6. The fourth-order valence-corrected chi connectivity index (χ4v) is 1.52. The summed E-state index contributed by atoms with van der Waals surface area (Å²) in [5.41, 5.74) is 5.77. The Morgan fingerprint density at radius 3 is 2.60 bits per heavy atom. The molecular weight excluding hydrogens is 190 g/mol. The first-order valence-electron chi connectivity index (χ1n) is 5.99. The SMILES string of the molecule is CCCCCCC(=O)C(N)CCCOC. The van der Waals surface area contributed by atoms with Crippen LogP contribution in [0.15, 0.2) is 0 Å². The molecule has 3 nitrogen and oxygen atoms in total. The lowest BCUT2D eigenvalue weighted by atomic mass is 10.0. The molecule has 0 amide bonds. The fraction of sp³-hybridized carbons (Fsp3) is 0.917. The van der Waals surface area contributed by atoms with E-state index in [1.807, 2.05) is 0 Å². The molecule has 0 saturated carbocycles. The number of hydrogen-bond donors (Lipinski definition) is 1. The Morgan fingerprint density at radius 1 is 1.27 bits per heavy atom. The Morgan fingerprint density at radius 2 is 2.00 bits per heavy atom. The zero-order chi connectivity index (χ0) is 11.5. The molecular formula is C12H25NO2. The Hall–Kier alpha value is -0.410. The Bertz CT molecular complexity index is 160.